The first-order valence-electron chi connectivity index (χ1n) is 10.9. The van der Waals surface area contributed by atoms with E-state index in [1.54, 1.807) is 12.1 Å². The minimum atomic E-state index is -0.266. The van der Waals surface area contributed by atoms with Crippen molar-refractivity contribution >= 4 is 16.9 Å². The summed E-state index contributed by atoms with van der Waals surface area (Å²) in [4.78, 5) is 19.2. The topological polar surface area (TPSA) is 59.4 Å². The fraction of sp³-hybridized carbons (Fsp3) is 0.417. The molecular formula is C24H29FN4O2. The molecule has 7 heteroatoms. The number of likely N-dealkylation sites (tertiary alicyclic amines) is 1. The number of benzene rings is 2. The van der Waals surface area contributed by atoms with Gasteiger partial charge in [-0.05, 0) is 55.8 Å². The highest BCUT2D eigenvalue weighted by Crippen LogP contribution is 2.22. The number of ether oxygens (including phenoxy) is 1. The standard InChI is InChI=1S/C24H29FN4O2/c1-28-22-5-3-2-4-21(22)27-23(28)13-16-29-19(8-11-24(29)30)12-14-26-15-17-31-20-9-6-18(25)7-10-20/h2-7,9-10,19,26H,8,11-17H2,1H3/t19-/m1/s1. The van der Waals surface area contributed by atoms with Gasteiger partial charge in [0, 0.05) is 39.0 Å². The Morgan fingerprint density at radius 3 is 2.77 bits per heavy atom. The maximum atomic E-state index is 12.9. The first-order chi connectivity index (χ1) is 15.1. The largest absolute Gasteiger partial charge is 0.492 e. The third kappa shape index (κ3) is 5.22. The number of hydrogen-bond acceptors (Lipinski definition) is 4. The van der Waals surface area contributed by atoms with E-state index in [1.807, 2.05) is 30.1 Å². The summed E-state index contributed by atoms with van der Waals surface area (Å²) in [6, 6.07) is 14.4. The molecule has 2 heterocycles. The molecular weight excluding hydrogens is 395 g/mol. The molecule has 0 unspecified atom stereocenters. The Morgan fingerprint density at radius 2 is 1.97 bits per heavy atom. The van der Waals surface area contributed by atoms with Crippen molar-refractivity contribution in [1.82, 2.24) is 19.8 Å². The first kappa shape index (κ1) is 21.3. The molecule has 0 radical (unpaired) electrons. The summed E-state index contributed by atoms with van der Waals surface area (Å²) >= 11 is 0. The van der Waals surface area contributed by atoms with Gasteiger partial charge in [0.1, 0.15) is 24.0 Å². The zero-order valence-electron chi connectivity index (χ0n) is 17.9. The lowest BCUT2D eigenvalue weighted by molar-refractivity contribution is -0.129. The summed E-state index contributed by atoms with van der Waals surface area (Å²) in [5.74, 6) is 1.65. The molecule has 1 aromatic heterocycles. The van der Waals surface area contributed by atoms with E-state index in [1.165, 1.54) is 12.1 Å². The van der Waals surface area contributed by atoms with Crippen LogP contribution in [0.5, 0.6) is 5.75 Å². The Balaban J connectivity index is 1.20. The molecule has 1 aliphatic rings. The van der Waals surface area contributed by atoms with Crippen LogP contribution in [0.4, 0.5) is 4.39 Å². The number of aryl methyl sites for hydroxylation is 1. The third-order valence-electron chi connectivity index (χ3n) is 5.92. The molecule has 1 N–H and O–H groups in total. The van der Waals surface area contributed by atoms with Crippen LogP contribution in [0.1, 0.15) is 25.1 Å². The van der Waals surface area contributed by atoms with Gasteiger partial charge in [-0.1, -0.05) is 12.1 Å². The highest BCUT2D eigenvalue weighted by atomic mass is 19.1. The van der Waals surface area contributed by atoms with Crippen LogP contribution in [-0.4, -0.2) is 52.6 Å². The van der Waals surface area contributed by atoms with E-state index >= 15 is 0 Å². The maximum Gasteiger partial charge on any atom is 0.222 e. The Labute approximate surface area is 182 Å². The van der Waals surface area contributed by atoms with Crippen molar-refractivity contribution in [2.75, 3.05) is 26.2 Å². The summed E-state index contributed by atoms with van der Waals surface area (Å²) in [5.41, 5.74) is 2.12. The van der Waals surface area contributed by atoms with Crippen LogP contribution in [0.3, 0.4) is 0 Å². The average molecular weight is 425 g/mol. The highest BCUT2D eigenvalue weighted by Gasteiger charge is 2.30. The van der Waals surface area contributed by atoms with E-state index in [-0.39, 0.29) is 17.8 Å². The number of imidazole rings is 1. The van der Waals surface area contributed by atoms with Crippen LogP contribution in [0.25, 0.3) is 11.0 Å². The number of amides is 1. The van der Waals surface area contributed by atoms with Gasteiger partial charge in [-0.15, -0.1) is 0 Å². The molecule has 0 spiro atoms. The molecule has 1 aliphatic heterocycles. The molecule has 1 amide bonds. The number of halogens is 1. The van der Waals surface area contributed by atoms with Crippen LogP contribution < -0.4 is 10.1 Å². The summed E-state index contributed by atoms with van der Waals surface area (Å²) in [6.45, 7) is 2.76. The number of fused-ring (bicyclic) bond motifs is 1. The van der Waals surface area contributed by atoms with Crippen LogP contribution >= 0.6 is 0 Å². The number of nitrogens with zero attached hydrogens (tertiary/aromatic N) is 3. The van der Waals surface area contributed by atoms with Gasteiger partial charge >= 0.3 is 0 Å². The quantitative estimate of drug-likeness (QED) is 0.508. The number of para-hydroxylation sites is 2. The van der Waals surface area contributed by atoms with Crippen molar-refractivity contribution in [2.24, 2.45) is 7.05 Å². The summed E-state index contributed by atoms with van der Waals surface area (Å²) in [6.07, 6.45) is 3.22. The molecule has 4 rings (SSSR count). The second-order valence-electron chi connectivity index (χ2n) is 7.95. The minimum Gasteiger partial charge on any atom is -0.492 e. The molecule has 0 saturated carbocycles. The lowest BCUT2D eigenvalue weighted by atomic mass is 10.1. The van der Waals surface area contributed by atoms with E-state index < -0.39 is 0 Å². The molecule has 164 valence electrons. The van der Waals surface area contributed by atoms with Crippen molar-refractivity contribution in [1.29, 1.82) is 0 Å². The van der Waals surface area contributed by atoms with Crippen LogP contribution in [-0.2, 0) is 18.3 Å². The number of rotatable bonds is 10. The Hall–Kier alpha value is -2.93. The first-order valence-corrected chi connectivity index (χ1v) is 10.9. The molecule has 6 nitrogen and oxygen atoms in total. The summed E-state index contributed by atoms with van der Waals surface area (Å²) < 4.78 is 20.6. The van der Waals surface area contributed by atoms with Crippen molar-refractivity contribution in [3.05, 3.63) is 60.2 Å². The number of nitrogens with one attached hydrogen (secondary N) is 1. The van der Waals surface area contributed by atoms with Crippen molar-refractivity contribution in [2.45, 2.75) is 31.7 Å². The van der Waals surface area contributed by atoms with Gasteiger partial charge < -0.3 is 19.5 Å². The van der Waals surface area contributed by atoms with Gasteiger partial charge in [0.2, 0.25) is 5.91 Å². The number of hydrogen-bond donors (Lipinski definition) is 1. The third-order valence-corrected chi connectivity index (χ3v) is 5.92. The van der Waals surface area contributed by atoms with E-state index in [0.717, 1.165) is 42.7 Å². The number of aromatic nitrogens is 2. The van der Waals surface area contributed by atoms with Gasteiger partial charge in [-0.25, -0.2) is 9.37 Å². The average Bonchev–Trinajstić information content (AvgIpc) is 3.29. The van der Waals surface area contributed by atoms with E-state index in [9.17, 15) is 9.18 Å². The maximum absolute atomic E-state index is 12.9. The van der Waals surface area contributed by atoms with Crippen molar-refractivity contribution in [3.8, 4) is 5.75 Å². The second-order valence-corrected chi connectivity index (χ2v) is 7.95. The Morgan fingerprint density at radius 1 is 1.16 bits per heavy atom. The van der Waals surface area contributed by atoms with Gasteiger partial charge in [-0.2, -0.15) is 0 Å². The molecule has 31 heavy (non-hydrogen) atoms. The monoisotopic (exact) mass is 424 g/mol. The Bertz CT molecular complexity index is 1020. The molecule has 2 aromatic carbocycles. The number of carbonyl (C=O) groups excluding carboxylic acids is 1. The molecule has 0 aliphatic carbocycles. The fourth-order valence-electron chi connectivity index (χ4n) is 4.21. The fourth-order valence-corrected chi connectivity index (χ4v) is 4.21. The van der Waals surface area contributed by atoms with E-state index in [4.69, 9.17) is 9.72 Å². The van der Waals surface area contributed by atoms with Gasteiger partial charge in [0.05, 0.1) is 11.0 Å². The van der Waals surface area contributed by atoms with Crippen molar-refractivity contribution in [3.63, 3.8) is 0 Å². The normalized spacial score (nSPS) is 16.4. The lowest BCUT2D eigenvalue weighted by Gasteiger charge is -2.25. The minimum absolute atomic E-state index is 0.239. The van der Waals surface area contributed by atoms with Crippen LogP contribution in [0.2, 0.25) is 0 Å². The van der Waals surface area contributed by atoms with Gasteiger partial charge in [0.25, 0.3) is 0 Å². The Kier molecular flexibility index (Phi) is 6.82. The molecule has 1 saturated heterocycles. The van der Waals surface area contributed by atoms with Crippen LogP contribution in [0, 0.1) is 5.82 Å². The predicted molar refractivity (Wildman–Crippen MR) is 119 cm³/mol. The van der Waals surface area contributed by atoms with E-state index in [2.05, 4.69) is 16.0 Å². The lowest BCUT2D eigenvalue weighted by Crippen LogP contribution is -2.37. The molecule has 1 fully saturated rings. The second kappa shape index (κ2) is 9.92. The van der Waals surface area contributed by atoms with Crippen LogP contribution in [0.15, 0.2) is 48.5 Å². The van der Waals surface area contributed by atoms with Gasteiger partial charge in [0.15, 0.2) is 0 Å². The van der Waals surface area contributed by atoms with Gasteiger partial charge in [-0.3, -0.25) is 4.79 Å². The summed E-state index contributed by atoms with van der Waals surface area (Å²) in [5, 5.41) is 3.38. The molecule has 3 aromatic rings. The zero-order valence-corrected chi connectivity index (χ0v) is 17.9. The van der Waals surface area contributed by atoms with E-state index in [0.29, 0.717) is 31.9 Å². The zero-order chi connectivity index (χ0) is 21.6. The highest BCUT2D eigenvalue weighted by molar-refractivity contribution is 5.79. The smallest absolute Gasteiger partial charge is 0.222 e. The predicted octanol–water partition coefficient (Wildman–Crippen LogP) is 3.30. The molecule has 0 bridgehead atoms. The summed E-state index contributed by atoms with van der Waals surface area (Å²) in [7, 11) is 2.03. The number of carbonyl (C=O) groups is 1. The molecule has 1 atom stereocenters. The van der Waals surface area contributed by atoms with Crippen molar-refractivity contribution < 1.29 is 13.9 Å². The SMILES string of the molecule is Cn1c(CCN2C(=O)CC[C@@H]2CCNCCOc2ccc(F)cc2)nc2ccccc21.